The summed E-state index contributed by atoms with van der Waals surface area (Å²) in [6, 6.07) is 0. The second kappa shape index (κ2) is 10.2. The van der Waals surface area contributed by atoms with Crippen LogP contribution < -0.4 is 0 Å². The zero-order valence-electron chi connectivity index (χ0n) is 21.9. The van der Waals surface area contributed by atoms with Crippen molar-refractivity contribution >= 4 is 11.9 Å². The summed E-state index contributed by atoms with van der Waals surface area (Å²) in [5, 5.41) is 0. The Labute approximate surface area is 207 Å². The standard InChI is InChI=1S/C30H46O4/c1-6-7-8-28(32)34-22-15-17-29(3)21(19-22)10-11-23-25-13-12-24(20(2)9-14-27(31)33-5)30(25,4)18-16-26(23)29/h1,20-26H,7-19H2,2-5H3/t20-,21-,22-,23+,24-,25+,26+,29+,30-/m1/s1. The van der Waals surface area contributed by atoms with Gasteiger partial charge in [0.05, 0.1) is 13.5 Å². The number of fused-ring (bicyclic) bond motifs is 5. The van der Waals surface area contributed by atoms with E-state index < -0.39 is 0 Å². The van der Waals surface area contributed by atoms with Gasteiger partial charge in [-0.15, -0.1) is 12.3 Å². The maximum Gasteiger partial charge on any atom is 0.307 e. The van der Waals surface area contributed by atoms with Crippen molar-refractivity contribution in [3.63, 3.8) is 0 Å². The highest BCUT2D eigenvalue weighted by Crippen LogP contribution is 2.68. The van der Waals surface area contributed by atoms with Crippen LogP contribution in [0.15, 0.2) is 0 Å². The Bertz CT molecular complexity index is 798. The van der Waals surface area contributed by atoms with Gasteiger partial charge in [-0.1, -0.05) is 20.8 Å². The first-order valence-electron chi connectivity index (χ1n) is 13.9. The Hall–Kier alpha value is -1.50. The zero-order valence-corrected chi connectivity index (χ0v) is 21.9. The molecule has 0 aliphatic heterocycles. The first-order chi connectivity index (χ1) is 16.2. The first-order valence-corrected chi connectivity index (χ1v) is 13.9. The number of rotatable bonds is 7. The number of ether oxygens (including phenoxy) is 2. The molecule has 4 saturated carbocycles. The predicted molar refractivity (Wildman–Crippen MR) is 134 cm³/mol. The third-order valence-corrected chi connectivity index (χ3v) is 11.2. The van der Waals surface area contributed by atoms with Gasteiger partial charge in [0.25, 0.3) is 0 Å². The molecule has 0 saturated heterocycles. The molecule has 4 rings (SSSR count). The van der Waals surface area contributed by atoms with E-state index in [4.69, 9.17) is 15.9 Å². The zero-order chi connectivity index (χ0) is 24.5. The predicted octanol–water partition coefficient (Wildman–Crippen LogP) is 6.56. The topological polar surface area (TPSA) is 52.6 Å². The smallest absolute Gasteiger partial charge is 0.307 e. The molecule has 0 bridgehead atoms. The Morgan fingerprint density at radius 1 is 0.971 bits per heavy atom. The van der Waals surface area contributed by atoms with Crippen LogP contribution in [0.25, 0.3) is 0 Å². The molecule has 0 aromatic heterocycles. The second-order valence-electron chi connectivity index (χ2n) is 12.6. The monoisotopic (exact) mass is 470 g/mol. The fourth-order valence-corrected chi connectivity index (χ4v) is 9.37. The van der Waals surface area contributed by atoms with Crippen LogP contribution in [-0.2, 0) is 19.1 Å². The van der Waals surface area contributed by atoms with Gasteiger partial charge >= 0.3 is 11.9 Å². The van der Waals surface area contributed by atoms with Crippen molar-refractivity contribution in [2.45, 2.75) is 110 Å². The number of carbonyl (C=O) groups excluding carboxylic acids is 2. The molecule has 0 spiro atoms. The van der Waals surface area contributed by atoms with Crippen molar-refractivity contribution in [2.24, 2.45) is 46.3 Å². The largest absolute Gasteiger partial charge is 0.469 e. The van der Waals surface area contributed by atoms with Crippen molar-refractivity contribution < 1.29 is 19.1 Å². The Morgan fingerprint density at radius 2 is 1.71 bits per heavy atom. The molecular weight excluding hydrogens is 424 g/mol. The summed E-state index contributed by atoms with van der Waals surface area (Å²) in [6.07, 6.45) is 18.9. The van der Waals surface area contributed by atoms with Crippen LogP contribution in [-0.4, -0.2) is 25.2 Å². The lowest BCUT2D eigenvalue weighted by atomic mass is 9.44. The number of hydrogen-bond donors (Lipinski definition) is 0. The van der Waals surface area contributed by atoms with E-state index in [0.717, 1.165) is 42.9 Å². The van der Waals surface area contributed by atoms with E-state index in [1.54, 1.807) is 0 Å². The van der Waals surface area contributed by atoms with E-state index in [1.165, 1.54) is 52.1 Å². The molecule has 4 heteroatoms. The number of esters is 2. The molecule has 34 heavy (non-hydrogen) atoms. The minimum atomic E-state index is -0.119. The number of methoxy groups -OCH3 is 1. The molecule has 4 nitrogen and oxygen atoms in total. The maximum atomic E-state index is 12.1. The number of hydrogen-bond acceptors (Lipinski definition) is 4. The third-order valence-electron chi connectivity index (χ3n) is 11.2. The first kappa shape index (κ1) is 25.6. The molecule has 4 aliphatic rings. The lowest BCUT2D eigenvalue weighted by Gasteiger charge is -2.61. The Kier molecular flexibility index (Phi) is 7.70. The summed E-state index contributed by atoms with van der Waals surface area (Å²) in [5.41, 5.74) is 0.810. The van der Waals surface area contributed by atoms with Crippen LogP contribution in [0.5, 0.6) is 0 Å². The van der Waals surface area contributed by atoms with E-state index in [2.05, 4.69) is 26.7 Å². The number of terminal acetylenes is 1. The lowest BCUT2D eigenvalue weighted by Crippen LogP contribution is -2.54. The summed E-state index contributed by atoms with van der Waals surface area (Å²) >= 11 is 0. The summed E-state index contributed by atoms with van der Waals surface area (Å²) in [4.78, 5) is 23.9. The Morgan fingerprint density at radius 3 is 2.44 bits per heavy atom. The van der Waals surface area contributed by atoms with E-state index in [9.17, 15) is 9.59 Å². The molecule has 0 N–H and O–H groups in total. The number of carbonyl (C=O) groups is 2. The van der Waals surface area contributed by atoms with Gasteiger partial charge < -0.3 is 9.47 Å². The van der Waals surface area contributed by atoms with Gasteiger partial charge in [0.1, 0.15) is 6.10 Å². The van der Waals surface area contributed by atoms with Crippen LogP contribution in [0.1, 0.15) is 104 Å². The van der Waals surface area contributed by atoms with Crippen LogP contribution in [0.2, 0.25) is 0 Å². The highest BCUT2D eigenvalue weighted by atomic mass is 16.5. The van der Waals surface area contributed by atoms with Crippen molar-refractivity contribution in [3.8, 4) is 12.3 Å². The molecular formula is C30H46O4. The van der Waals surface area contributed by atoms with Gasteiger partial charge in [-0.2, -0.15) is 0 Å². The second-order valence-corrected chi connectivity index (χ2v) is 12.6. The van der Waals surface area contributed by atoms with E-state index in [0.29, 0.717) is 41.9 Å². The summed E-state index contributed by atoms with van der Waals surface area (Å²) in [7, 11) is 1.49. The fraction of sp³-hybridized carbons (Fsp3) is 0.867. The average Bonchev–Trinajstić information content (AvgIpc) is 3.18. The fourth-order valence-electron chi connectivity index (χ4n) is 9.37. The van der Waals surface area contributed by atoms with E-state index in [-0.39, 0.29) is 18.0 Å². The van der Waals surface area contributed by atoms with E-state index >= 15 is 0 Å². The molecule has 0 heterocycles. The SMILES string of the molecule is C#CCCC(=O)O[C@@H]1CC[C@@]2(C)[C@H](CC[C@@H]3[C@@H]2CC[C@]2(C)[C@@H]([C@H](C)CCC(=O)OC)CC[C@@H]32)C1. The Balaban J connectivity index is 1.40. The summed E-state index contributed by atoms with van der Waals surface area (Å²) in [6.45, 7) is 7.53. The average molecular weight is 471 g/mol. The van der Waals surface area contributed by atoms with Gasteiger partial charge in [0.2, 0.25) is 0 Å². The molecule has 9 atom stereocenters. The van der Waals surface area contributed by atoms with Gasteiger partial charge in [-0.25, -0.2) is 0 Å². The highest BCUT2D eigenvalue weighted by Gasteiger charge is 2.60. The molecule has 0 radical (unpaired) electrons. The van der Waals surface area contributed by atoms with Crippen molar-refractivity contribution in [3.05, 3.63) is 0 Å². The molecule has 0 unspecified atom stereocenters. The van der Waals surface area contributed by atoms with Gasteiger partial charge in [-0.05, 0) is 111 Å². The minimum Gasteiger partial charge on any atom is -0.469 e. The minimum absolute atomic E-state index is 0.0705. The molecule has 190 valence electrons. The van der Waals surface area contributed by atoms with Gasteiger partial charge in [-0.3, -0.25) is 9.59 Å². The molecule has 4 aliphatic carbocycles. The maximum absolute atomic E-state index is 12.1. The van der Waals surface area contributed by atoms with Crippen molar-refractivity contribution in [2.75, 3.05) is 7.11 Å². The molecule has 0 aromatic rings. The van der Waals surface area contributed by atoms with Crippen LogP contribution in [0, 0.1) is 58.7 Å². The van der Waals surface area contributed by atoms with Crippen LogP contribution in [0.3, 0.4) is 0 Å². The van der Waals surface area contributed by atoms with Crippen LogP contribution >= 0.6 is 0 Å². The van der Waals surface area contributed by atoms with Crippen LogP contribution in [0.4, 0.5) is 0 Å². The lowest BCUT2D eigenvalue weighted by molar-refractivity contribution is -0.162. The van der Waals surface area contributed by atoms with Gasteiger partial charge in [0, 0.05) is 12.8 Å². The normalized spacial score (nSPS) is 41.9. The van der Waals surface area contributed by atoms with Crippen molar-refractivity contribution in [1.82, 2.24) is 0 Å². The molecule has 4 fully saturated rings. The van der Waals surface area contributed by atoms with E-state index in [1.807, 2.05) is 0 Å². The summed E-state index contributed by atoms with van der Waals surface area (Å²) in [5.74, 6) is 6.82. The quantitative estimate of drug-likeness (QED) is 0.312. The molecule has 0 aromatic carbocycles. The summed E-state index contributed by atoms with van der Waals surface area (Å²) < 4.78 is 10.7. The van der Waals surface area contributed by atoms with Crippen molar-refractivity contribution in [1.29, 1.82) is 0 Å². The van der Waals surface area contributed by atoms with Gasteiger partial charge in [0.15, 0.2) is 0 Å². The third kappa shape index (κ3) is 4.66. The highest BCUT2D eigenvalue weighted by molar-refractivity contribution is 5.70. The molecule has 0 amide bonds.